The second-order valence-electron chi connectivity index (χ2n) is 5.46. The van der Waals surface area contributed by atoms with Crippen LogP contribution in [0, 0.1) is 0 Å². The second-order valence-corrected chi connectivity index (χ2v) is 5.46. The van der Waals surface area contributed by atoms with Crippen molar-refractivity contribution in [2.45, 2.75) is 0 Å². The molecule has 0 bridgehead atoms. The van der Waals surface area contributed by atoms with Crippen molar-refractivity contribution in [2.24, 2.45) is 14.1 Å². The Morgan fingerprint density at radius 3 is 2.65 bits per heavy atom. The zero-order valence-corrected chi connectivity index (χ0v) is 12.8. The maximum absolute atomic E-state index is 6.25. The van der Waals surface area contributed by atoms with E-state index in [0.29, 0.717) is 5.69 Å². The maximum atomic E-state index is 6.25. The number of nitrogen functional groups attached to an aromatic ring is 1. The van der Waals surface area contributed by atoms with Gasteiger partial charge in [-0.3, -0.25) is 9.36 Å². The number of hydrogen-bond donors (Lipinski definition) is 1. The van der Waals surface area contributed by atoms with Crippen LogP contribution in [0.4, 0.5) is 5.69 Å². The predicted molar refractivity (Wildman–Crippen MR) is 88.4 cm³/mol. The van der Waals surface area contributed by atoms with Crippen molar-refractivity contribution < 1.29 is 0 Å². The van der Waals surface area contributed by atoms with Crippen LogP contribution in [-0.4, -0.2) is 29.5 Å². The van der Waals surface area contributed by atoms with Gasteiger partial charge in [0.2, 0.25) is 0 Å². The molecule has 114 valence electrons. The molecule has 1 aromatic carbocycles. The lowest BCUT2D eigenvalue weighted by Crippen LogP contribution is -1.96. The Labute approximate surface area is 132 Å². The summed E-state index contributed by atoms with van der Waals surface area (Å²) >= 11 is 0. The first-order chi connectivity index (χ1) is 11.1. The first kappa shape index (κ1) is 13.4. The molecule has 0 saturated carbocycles. The third kappa shape index (κ3) is 2.22. The maximum Gasteiger partial charge on any atom is 0.116 e. The number of nitrogens with zero attached hydrogens (tertiary/aromatic N) is 6. The van der Waals surface area contributed by atoms with Crippen LogP contribution in [0.25, 0.3) is 33.4 Å². The highest BCUT2D eigenvalue weighted by Crippen LogP contribution is 2.32. The summed E-state index contributed by atoms with van der Waals surface area (Å²) in [5, 5.41) is 9.52. The number of benzene rings is 1. The molecule has 0 saturated heterocycles. The Kier molecular flexibility index (Phi) is 2.87. The number of rotatable bonds is 2. The van der Waals surface area contributed by atoms with Gasteiger partial charge in [-0.15, -0.1) is 0 Å². The van der Waals surface area contributed by atoms with Crippen molar-refractivity contribution >= 4 is 16.6 Å². The molecule has 0 aliphatic rings. The van der Waals surface area contributed by atoms with Crippen LogP contribution >= 0.6 is 0 Å². The average molecular weight is 305 g/mol. The first-order valence-corrected chi connectivity index (χ1v) is 7.15. The van der Waals surface area contributed by atoms with Crippen LogP contribution in [-0.2, 0) is 14.1 Å². The molecule has 23 heavy (non-hydrogen) atoms. The predicted octanol–water partition coefficient (Wildman–Crippen LogP) is 2.01. The van der Waals surface area contributed by atoms with Crippen LogP contribution in [0.5, 0.6) is 0 Å². The zero-order valence-electron chi connectivity index (χ0n) is 12.8. The van der Waals surface area contributed by atoms with Crippen molar-refractivity contribution in [1.82, 2.24) is 29.5 Å². The largest absolute Gasteiger partial charge is 0.398 e. The Balaban J connectivity index is 1.94. The van der Waals surface area contributed by atoms with E-state index in [-0.39, 0.29) is 0 Å². The van der Waals surface area contributed by atoms with E-state index in [9.17, 15) is 0 Å². The fraction of sp³-hybridized carbons (Fsp3) is 0.125. The molecule has 0 fully saturated rings. The molecule has 7 heteroatoms. The number of anilines is 1. The molecule has 0 unspecified atom stereocenters. The van der Waals surface area contributed by atoms with Crippen molar-refractivity contribution in [3.8, 4) is 22.5 Å². The summed E-state index contributed by atoms with van der Waals surface area (Å²) in [4.78, 5) is 8.78. The highest BCUT2D eigenvalue weighted by Gasteiger charge is 2.13. The van der Waals surface area contributed by atoms with E-state index in [0.717, 1.165) is 33.4 Å². The van der Waals surface area contributed by atoms with Gasteiger partial charge >= 0.3 is 0 Å². The van der Waals surface area contributed by atoms with E-state index in [4.69, 9.17) is 5.73 Å². The second kappa shape index (κ2) is 4.91. The molecule has 0 radical (unpaired) electrons. The monoisotopic (exact) mass is 305 g/mol. The molecule has 2 N–H and O–H groups in total. The summed E-state index contributed by atoms with van der Waals surface area (Å²) in [7, 11) is 3.75. The van der Waals surface area contributed by atoms with Crippen LogP contribution in [0.1, 0.15) is 0 Å². The van der Waals surface area contributed by atoms with Crippen LogP contribution in [0.2, 0.25) is 0 Å². The molecule has 4 aromatic rings. The fourth-order valence-corrected chi connectivity index (χ4v) is 2.67. The SMILES string of the molecule is Cn1cc(-c2ncnc3cc(-c4ccn(C)n4)c(N)cc23)cn1. The van der Waals surface area contributed by atoms with Crippen molar-refractivity contribution in [3.63, 3.8) is 0 Å². The molecular formula is C16H15N7. The highest BCUT2D eigenvalue weighted by atomic mass is 15.2. The third-order valence-corrected chi connectivity index (χ3v) is 3.77. The summed E-state index contributed by atoms with van der Waals surface area (Å²) in [6.45, 7) is 0. The summed E-state index contributed by atoms with van der Waals surface area (Å²) in [5.74, 6) is 0. The minimum atomic E-state index is 0.649. The van der Waals surface area contributed by atoms with Gasteiger partial charge in [0, 0.05) is 48.7 Å². The van der Waals surface area contributed by atoms with E-state index in [1.807, 2.05) is 44.7 Å². The molecule has 0 amide bonds. The van der Waals surface area contributed by atoms with Crippen LogP contribution in [0.3, 0.4) is 0 Å². The van der Waals surface area contributed by atoms with Crippen molar-refractivity contribution in [2.75, 3.05) is 5.73 Å². The lowest BCUT2D eigenvalue weighted by atomic mass is 10.0. The first-order valence-electron chi connectivity index (χ1n) is 7.15. The van der Waals surface area contributed by atoms with Crippen LogP contribution < -0.4 is 5.73 Å². The Morgan fingerprint density at radius 1 is 1.09 bits per heavy atom. The van der Waals surface area contributed by atoms with Crippen molar-refractivity contribution in [1.29, 1.82) is 0 Å². The van der Waals surface area contributed by atoms with E-state index in [1.54, 1.807) is 21.9 Å². The van der Waals surface area contributed by atoms with Gasteiger partial charge in [-0.05, 0) is 18.2 Å². The third-order valence-electron chi connectivity index (χ3n) is 3.77. The number of fused-ring (bicyclic) bond motifs is 1. The molecule has 4 rings (SSSR count). The molecule has 0 aliphatic carbocycles. The Hall–Kier alpha value is -3.22. The van der Waals surface area contributed by atoms with Gasteiger partial charge in [-0.25, -0.2) is 9.97 Å². The molecular weight excluding hydrogens is 290 g/mol. The Bertz CT molecular complexity index is 1010. The van der Waals surface area contributed by atoms with Crippen molar-refractivity contribution in [3.05, 3.63) is 43.1 Å². The van der Waals surface area contributed by atoms with Gasteiger partial charge in [0.25, 0.3) is 0 Å². The minimum absolute atomic E-state index is 0.649. The summed E-state index contributed by atoms with van der Waals surface area (Å²) in [6, 6.07) is 5.79. The minimum Gasteiger partial charge on any atom is -0.398 e. The van der Waals surface area contributed by atoms with Gasteiger partial charge < -0.3 is 5.73 Å². The van der Waals surface area contributed by atoms with Gasteiger partial charge in [0.15, 0.2) is 0 Å². The Morgan fingerprint density at radius 2 is 1.96 bits per heavy atom. The highest BCUT2D eigenvalue weighted by molar-refractivity contribution is 5.98. The standard InChI is InChI=1S/C16H15N7/c1-22-4-3-14(21-22)11-6-15-12(5-13(11)17)16(19-9-18-15)10-7-20-23(2)8-10/h3-9H,17H2,1-2H3. The molecule has 3 heterocycles. The van der Waals surface area contributed by atoms with E-state index in [2.05, 4.69) is 20.2 Å². The summed E-state index contributed by atoms with van der Waals surface area (Å²) in [5.41, 5.74) is 11.2. The molecule has 0 aliphatic heterocycles. The van der Waals surface area contributed by atoms with E-state index < -0.39 is 0 Å². The number of hydrogen-bond acceptors (Lipinski definition) is 5. The number of nitrogens with two attached hydrogens (primary N) is 1. The molecule has 3 aromatic heterocycles. The lowest BCUT2D eigenvalue weighted by molar-refractivity contribution is 0.768. The van der Waals surface area contributed by atoms with Crippen LogP contribution in [0.15, 0.2) is 43.1 Å². The normalized spacial score (nSPS) is 11.2. The lowest BCUT2D eigenvalue weighted by Gasteiger charge is -2.08. The van der Waals surface area contributed by atoms with Gasteiger partial charge in [0.05, 0.1) is 23.1 Å². The average Bonchev–Trinajstić information content (AvgIpc) is 3.15. The zero-order chi connectivity index (χ0) is 16.0. The fourth-order valence-electron chi connectivity index (χ4n) is 2.67. The molecule has 7 nitrogen and oxygen atoms in total. The summed E-state index contributed by atoms with van der Waals surface area (Å²) < 4.78 is 3.49. The van der Waals surface area contributed by atoms with Gasteiger partial charge in [-0.1, -0.05) is 0 Å². The molecule has 0 atom stereocenters. The van der Waals surface area contributed by atoms with Gasteiger partial charge in [0.1, 0.15) is 6.33 Å². The van der Waals surface area contributed by atoms with Gasteiger partial charge in [-0.2, -0.15) is 10.2 Å². The number of aryl methyl sites for hydroxylation is 2. The number of aromatic nitrogens is 6. The topological polar surface area (TPSA) is 87.4 Å². The molecule has 0 spiro atoms. The van der Waals surface area contributed by atoms with E-state index in [1.165, 1.54) is 0 Å². The smallest absolute Gasteiger partial charge is 0.116 e. The summed E-state index contributed by atoms with van der Waals surface area (Å²) in [6.07, 6.45) is 7.15. The quantitative estimate of drug-likeness (QED) is 0.572. The van der Waals surface area contributed by atoms with E-state index >= 15 is 0 Å².